The standard InChI is InChI=1S/C34H58P2S/c1-25(2)33-31(35(27-17-9-5-10-18-27)28-19-11-6-12-20-28)32(34(37-33)26(3)4)36(29-21-13-7-14-22-29)30-23-15-8-16-24-30/h25-30H,5-24H2,1-4H3. The maximum atomic E-state index is 2.56. The largest absolute Gasteiger partial charge is 0.143 e. The molecule has 0 radical (unpaired) electrons. The lowest BCUT2D eigenvalue weighted by Gasteiger charge is -2.44. The van der Waals surface area contributed by atoms with Gasteiger partial charge in [0, 0.05) is 9.75 Å². The van der Waals surface area contributed by atoms with Crippen LogP contribution in [0.5, 0.6) is 0 Å². The second-order valence-corrected chi connectivity index (χ2v) is 20.3. The number of thiophene rings is 1. The summed E-state index contributed by atoms with van der Waals surface area (Å²) in [7, 11) is -0.0359. The van der Waals surface area contributed by atoms with Gasteiger partial charge in [-0.3, -0.25) is 0 Å². The third-order valence-corrected chi connectivity index (χ3v) is 19.8. The molecule has 0 unspecified atom stereocenters. The van der Waals surface area contributed by atoms with Crippen LogP contribution in [0.15, 0.2) is 0 Å². The molecule has 1 heterocycles. The molecular weight excluding hydrogens is 502 g/mol. The Balaban J connectivity index is 1.68. The fourth-order valence-electron chi connectivity index (χ4n) is 8.49. The summed E-state index contributed by atoms with van der Waals surface area (Å²) in [5.41, 5.74) is 4.14. The third kappa shape index (κ3) is 6.73. The van der Waals surface area contributed by atoms with E-state index in [1.54, 1.807) is 51.4 Å². The van der Waals surface area contributed by atoms with Crippen molar-refractivity contribution in [3.8, 4) is 0 Å². The first kappa shape index (κ1) is 29.1. The summed E-state index contributed by atoms with van der Waals surface area (Å²) in [6, 6.07) is 0. The quantitative estimate of drug-likeness (QED) is 0.277. The fraction of sp³-hybridized carbons (Fsp3) is 0.882. The van der Waals surface area contributed by atoms with Gasteiger partial charge in [-0.15, -0.1) is 11.3 Å². The molecule has 0 spiro atoms. The van der Waals surface area contributed by atoms with E-state index in [9.17, 15) is 0 Å². The summed E-state index contributed by atoms with van der Waals surface area (Å²) in [5, 5.41) is 4.19. The molecule has 0 atom stereocenters. The average molecular weight is 561 g/mol. The van der Waals surface area contributed by atoms with E-state index in [0.29, 0.717) is 11.8 Å². The van der Waals surface area contributed by atoms with Crippen LogP contribution < -0.4 is 10.6 Å². The molecule has 0 bridgehead atoms. The highest BCUT2D eigenvalue weighted by atomic mass is 32.1. The van der Waals surface area contributed by atoms with Gasteiger partial charge in [-0.05, 0) is 96.4 Å². The molecule has 4 saturated carbocycles. The lowest BCUT2D eigenvalue weighted by atomic mass is 9.99. The Bertz CT molecular complexity index is 715. The molecule has 4 aliphatic carbocycles. The highest BCUT2D eigenvalue weighted by molar-refractivity contribution is 7.74. The van der Waals surface area contributed by atoms with Gasteiger partial charge in [-0.25, -0.2) is 0 Å². The molecule has 0 saturated heterocycles. The maximum absolute atomic E-state index is 2.56. The van der Waals surface area contributed by atoms with Gasteiger partial charge in [-0.2, -0.15) is 0 Å². The van der Waals surface area contributed by atoms with Crippen LogP contribution in [0, 0.1) is 0 Å². The second kappa shape index (κ2) is 14.0. The molecule has 0 aromatic carbocycles. The van der Waals surface area contributed by atoms with E-state index in [4.69, 9.17) is 0 Å². The van der Waals surface area contributed by atoms with E-state index in [-0.39, 0.29) is 15.8 Å². The van der Waals surface area contributed by atoms with Crippen molar-refractivity contribution in [1.82, 2.24) is 0 Å². The Labute approximate surface area is 237 Å². The molecule has 0 amide bonds. The molecule has 0 nitrogen and oxygen atoms in total. The Morgan fingerprint density at radius 1 is 0.432 bits per heavy atom. The lowest BCUT2D eigenvalue weighted by molar-refractivity contribution is 0.486. The van der Waals surface area contributed by atoms with Crippen molar-refractivity contribution in [2.45, 2.75) is 191 Å². The maximum Gasteiger partial charge on any atom is 0.0157 e. The molecule has 210 valence electrons. The minimum Gasteiger partial charge on any atom is -0.143 e. The normalized spacial score (nSPS) is 24.2. The van der Waals surface area contributed by atoms with Gasteiger partial charge in [-0.1, -0.05) is 121 Å². The first-order chi connectivity index (χ1) is 18.1. The summed E-state index contributed by atoms with van der Waals surface area (Å²) in [4.78, 5) is 3.78. The first-order valence-electron chi connectivity index (χ1n) is 16.8. The highest BCUT2D eigenvalue weighted by Gasteiger charge is 2.42. The summed E-state index contributed by atoms with van der Waals surface area (Å²) in [5.74, 6) is 1.41. The van der Waals surface area contributed by atoms with E-state index in [1.165, 1.54) is 77.0 Å². The zero-order valence-corrected chi connectivity index (χ0v) is 27.5. The minimum absolute atomic E-state index is 0.0180. The van der Waals surface area contributed by atoms with Crippen molar-refractivity contribution in [2.75, 3.05) is 0 Å². The second-order valence-electron chi connectivity index (χ2n) is 13.8. The SMILES string of the molecule is CC(C)c1sc(C(C)C)c(P(C2CCCCC2)C2CCCCC2)c1P(C1CCCCC1)C1CCCCC1. The molecule has 37 heavy (non-hydrogen) atoms. The summed E-state index contributed by atoms with van der Waals surface area (Å²) >= 11 is 2.35. The lowest BCUT2D eigenvalue weighted by Crippen LogP contribution is -2.38. The van der Waals surface area contributed by atoms with Gasteiger partial charge in [0.1, 0.15) is 0 Å². The highest BCUT2D eigenvalue weighted by Crippen LogP contribution is 2.62. The zero-order valence-electron chi connectivity index (χ0n) is 24.9. The smallest absolute Gasteiger partial charge is 0.0157 e. The van der Waals surface area contributed by atoms with E-state index in [0.717, 1.165) is 22.6 Å². The summed E-state index contributed by atoms with van der Waals surface area (Å²) in [6.45, 7) is 10.2. The van der Waals surface area contributed by atoms with Gasteiger partial charge in [0.2, 0.25) is 0 Å². The topological polar surface area (TPSA) is 0 Å². The van der Waals surface area contributed by atoms with Crippen LogP contribution in [-0.4, -0.2) is 22.6 Å². The van der Waals surface area contributed by atoms with E-state index in [1.807, 2.05) is 9.75 Å². The van der Waals surface area contributed by atoms with Crippen molar-refractivity contribution >= 4 is 37.8 Å². The van der Waals surface area contributed by atoms with Gasteiger partial charge in [0.05, 0.1) is 0 Å². The molecule has 4 fully saturated rings. The number of rotatable bonds is 8. The summed E-state index contributed by atoms with van der Waals surface area (Å²) < 4.78 is 0. The van der Waals surface area contributed by atoms with Crippen molar-refractivity contribution in [1.29, 1.82) is 0 Å². The van der Waals surface area contributed by atoms with Crippen LogP contribution in [0.2, 0.25) is 0 Å². The van der Waals surface area contributed by atoms with Crippen LogP contribution in [0.3, 0.4) is 0 Å². The Morgan fingerprint density at radius 3 is 0.892 bits per heavy atom. The monoisotopic (exact) mass is 560 g/mol. The first-order valence-corrected chi connectivity index (χ1v) is 20.6. The predicted octanol–water partition coefficient (Wildman–Crippen LogP) is 11.5. The Kier molecular flexibility index (Phi) is 11.0. The van der Waals surface area contributed by atoms with Crippen LogP contribution >= 0.6 is 27.2 Å². The summed E-state index contributed by atoms with van der Waals surface area (Å²) in [6.07, 6.45) is 30.6. The van der Waals surface area contributed by atoms with Crippen LogP contribution in [0.4, 0.5) is 0 Å². The van der Waals surface area contributed by atoms with Crippen LogP contribution in [0.1, 0.15) is 178 Å². The molecule has 4 aliphatic rings. The molecule has 1 aromatic heterocycles. The van der Waals surface area contributed by atoms with Gasteiger partial charge < -0.3 is 0 Å². The average Bonchev–Trinajstić information content (AvgIpc) is 3.32. The fourth-order valence-corrected chi connectivity index (χ4v) is 19.4. The van der Waals surface area contributed by atoms with E-state index >= 15 is 0 Å². The molecule has 5 rings (SSSR count). The van der Waals surface area contributed by atoms with Gasteiger partial charge in [0.15, 0.2) is 0 Å². The zero-order chi connectivity index (χ0) is 25.8. The Morgan fingerprint density at radius 2 is 0.676 bits per heavy atom. The van der Waals surface area contributed by atoms with Crippen molar-refractivity contribution in [3.05, 3.63) is 9.75 Å². The minimum atomic E-state index is -0.0180. The van der Waals surface area contributed by atoms with E-state index in [2.05, 4.69) is 49.6 Å². The van der Waals surface area contributed by atoms with Gasteiger partial charge in [0.25, 0.3) is 0 Å². The van der Waals surface area contributed by atoms with Crippen LogP contribution in [0.25, 0.3) is 0 Å². The third-order valence-electron chi connectivity index (χ3n) is 10.3. The van der Waals surface area contributed by atoms with Crippen molar-refractivity contribution in [3.63, 3.8) is 0 Å². The Hall–Kier alpha value is 0.560. The number of hydrogen-bond donors (Lipinski definition) is 0. The van der Waals surface area contributed by atoms with Crippen molar-refractivity contribution < 1.29 is 0 Å². The molecule has 0 N–H and O–H groups in total. The van der Waals surface area contributed by atoms with Crippen molar-refractivity contribution in [2.24, 2.45) is 0 Å². The predicted molar refractivity (Wildman–Crippen MR) is 173 cm³/mol. The molecule has 1 aromatic rings. The van der Waals surface area contributed by atoms with Gasteiger partial charge >= 0.3 is 0 Å². The molecular formula is C34H58P2S. The molecule has 3 heteroatoms. The number of hydrogen-bond acceptors (Lipinski definition) is 1. The molecule has 0 aliphatic heterocycles. The van der Waals surface area contributed by atoms with E-state index < -0.39 is 0 Å². The van der Waals surface area contributed by atoms with Crippen LogP contribution in [-0.2, 0) is 0 Å².